The summed E-state index contributed by atoms with van der Waals surface area (Å²) in [4.78, 5) is 4.64. The SMILES string of the molecule is c1ccc(-c2cccc(N(c3ccccc3)c3ccc4c(c3)oc3c5ccc(N(c6ccccc6)c6cccc(-c7ccccc7)c6)cc5sc43)c2)cc1. The Morgan fingerprint density at radius 3 is 1.30 bits per heavy atom. The number of hydrogen-bond acceptors (Lipinski definition) is 4. The van der Waals surface area contributed by atoms with Crippen molar-refractivity contribution in [2.24, 2.45) is 0 Å². The number of furan rings is 1. The maximum atomic E-state index is 6.77. The van der Waals surface area contributed by atoms with Crippen LogP contribution < -0.4 is 9.80 Å². The second-order valence-electron chi connectivity index (χ2n) is 13.4. The van der Waals surface area contributed by atoms with Gasteiger partial charge < -0.3 is 14.2 Å². The lowest BCUT2D eigenvalue weighted by atomic mass is 10.0. The molecule has 0 aliphatic rings. The van der Waals surface area contributed by atoms with Crippen LogP contribution >= 0.6 is 11.3 Å². The van der Waals surface area contributed by atoms with Crippen molar-refractivity contribution in [2.75, 3.05) is 9.80 Å². The monoisotopic (exact) mass is 710 g/mol. The molecule has 8 aromatic carbocycles. The van der Waals surface area contributed by atoms with Gasteiger partial charge in [-0.1, -0.05) is 121 Å². The minimum Gasteiger partial charge on any atom is -0.454 e. The van der Waals surface area contributed by atoms with Gasteiger partial charge in [0.05, 0.1) is 4.70 Å². The van der Waals surface area contributed by atoms with E-state index in [2.05, 4.69) is 216 Å². The lowest BCUT2D eigenvalue weighted by Gasteiger charge is -2.26. The number of thiophene rings is 1. The summed E-state index contributed by atoms with van der Waals surface area (Å²) in [5.41, 5.74) is 13.1. The summed E-state index contributed by atoms with van der Waals surface area (Å²) in [6, 6.07) is 73.1. The van der Waals surface area contributed by atoms with E-state index in [0.29, 0.717) is 0 Å². The Bertz CT molecular complexity index is 2680. The molecule has 0 unspecified atom stereocenters. The topological polar surface area (TPSA) is 19.6 Å². The molecule has 2 aromatic heterocycles. The van der Waals surface area contributed by atoms with Crippen LogP contribution in [0.15, 0.2) is 211 Å². The van der Waals surface area contributed by atoms with Crippen LogP contribution in [-0.2, 0) is 0 Å². The Kier molecular flexibility index (Phi) is 8.01. The zero-order chi connectivity index (χ0) is 35.8. The molecule has 0 N–H and O–H groups in total. The Hall–Kier alpha value is -6.88. The molecular weight excluding hydrogens is 677 g/mol. The first-order chi connectivity index (χ1) is 26.8. The van der Waals surface area contributed by atoms with Gasteiger partial charge in [0.25, 0.3) is 0 Å². The first-order valence-electron chi connectivity index (χ1n) is 18.2. The normalized spacial score (nSPS) is 11.3. The van der Waals surface area contributed by atoms with Crippen LogP contribution in [0.2, 0.25) is 0 Å². The van der Waals surface area contributed by atoms with E-state index in [-0.39, 0.29) is 0 Å². The molecule has 0 fully saturated rings. The van der Waals surface area contributed by atoms with Crippen molar-refractivity contribution in [3.05, 3.63) is 206 Å². The Morgan fingerprint density at radius 1 is 0.333 bits per heavy atom. The van der Waals surface area contributed by atoms with Crippen molar-refractivity contribution in [1.29, 1.82) is 0 Å². The summed E-state index contributed by atoms with van der Waals surface area (Å²) < 4.78 is 9.12. The summed E-state index contributed by atoms with van der Waals surface area (Å²) in [6.45, 7) is 0. The van der Waals surface area contributed by atoms with Gasteiger partial charge in [-0.15, -0.1) is 11.3 Å². The van der Waals surface area contributed by atoms with Gasteiger partial charge in [0.2, 0.25) is 0 Å². The summed E-state index contributed by atoms with van der Waals surface area (Å²) in [5.74, 6) is 0. The van der Waals surface area contributed by atoms with Gasteiger partial charge in [-0.05, 0) is 101 Å². The maximum Gasteiger partial charge on any atom is 0.154 e. The quantitative estimate of drug-likeness (QED) is 0.157. The fourth-order valence-electron chi connectivity index (χ4n) is 7.47. The lowest BCUT2D eigenvalue weighted by molar-refractivity contribution is 0.673. The van der Waals surface area contributed by atoms with Crippen LogP contribution in [0.1, 0.15) is 0 Å². The van der Waals surface area contributed by atoms with E-state index in [0.717, 1.165) is 56.1 Å². The minimum absolute atomic E-state index is 0.878. The minimum atomic E-state index is 0.878. The highest BCUT2D eigenvalue weighted by atomic mass is 32.1. The van der Waals surface area contributed by atoms with Crippen molar-refractivity contribution in [3.63, 3.8) is 0 Å². The van der Waals surface area contributed by atoms with Gasteiger partial charge in [-0.25, -0.2) is 0 Å². The molecule has 0 aliphatic heterocycles. The Balaban J connectivity index is 1.06. The molecule has 0 saturated heterocycles. The van der Waals surface area contributed by atoms with Crippen molar-refractivity contribution < 1.29 is 4.42 Å². The van der Waals surface area contributed by atoms with E-state index in [1.54, 1.807) is 11.3 Å². The molecular formula is C50H34N2OS. The predicted molar refractivity (Wildman–Crippen MR) is 229 cm³/mol. The maximum absolute atomic E-state index is 6.77. The molecule has 2 heterocycles. The van der Waals surface area contributed by atoms with Gasteiger partial charge in [-0.2, -0.15) is 0 Å². The molecule has 0 saturated carbocycles. The van der Waals surface area contributed by atoms with Crippen molar-refractivity contribution >= 4 is 76.8 Å². The van der Waals surface area contributed by atoms with E-state index in [9.17, 15) is 0 Å². The molecule has 3 nitrogen and oxygen atoms in total. The van der Waals surface area contributed by atoms with Gasteiger partial charge in [-0.3, -0.25) is 0 Å². The van der Waals surface area contributed by atoms with Crippen LogP contribution in [0.4, 0.5) is 34.1 Å². The van der Waals surface area contributed by atoms with Crippen molar-refractivity contribution in [3.8, 4) is 22.3 Å². The van der Waals surface area contributed by atoms with Gasteiger partial charge in [0.1, 0.15) is 5.58 Å². The third kappa shape index (κ3) is 5.79. The Labute approximate surface area is 318 Å². The molecule has 0 aliphatic carbocycles. The highest BCUT2D eigenvalue weighted by molar-refractivity contribution is 7.26. The third-order valence-electron chi connectivity index (χ3n) is 10.0. The summed E-state index contributed by atoms with van der Waals surface area (Å²) in [6.07, 6.45) is 0. The second-order valence-corrected chi connectivity index (χ2v) is 14.5. The number of rotatable bonds is 8. The molecule has 4 heteroatoms. The summed E-state index contributed by atoms with van der Waals surface area (Å²) in [5, 5.41) is 2.25. The lowest BCUT2D eigenvalue weighted by Crippen LogP contribution is -2.09. The molecule has 256 valence electrons. The zero-order valence-corrected chi connectivity index (χ0v) is 30.2. The third-order valence-corrected chi connectivity index (χ3v) is 11.2. The second kappa shape index (κ2) is 13.6. The van der Waals surface area contributed by atoms with Crippen molar-refractivity contribution in [2.45, 2.75) is 0 Å². The zero-order valence-electron chi connectivity index (χ0n) is 29.3. The average Bonchev–Trinajstić information content (AvgIpc) is 3.78. The van der Waals surface area contributed by atoms with E-state index >= 15 is 0 Å². The molecule has 0 spiro atoms. The number of para-hydroxylation sites is 2. The smallest absolute Gasteiger partial charge is 0.154 e. The van der Waals surface area contributed by atoms with E-state index in [4.69, 9.17) is 4.42 Å². The van der Waals surface area contributed by atoms with E-state index in [1.807, 2.05) is 0 Å². The number of anilines is 6. The molecule has 0 atom stereocenters. The van der Waals surface area contributed by atoms with Crippen LogP contribution in [0.5, 0.6) is 0 Å². The largest absolute Gasteiger partial charge is 0.454 e. The molecule has 10 aromatic rings. The average molecular weight is 711 g/mol. The first-order valence-corrected chi connectivity index (χ1v) is 19.0. The molecule has 0 bridgehead atoms. The number of hydrogen-bond donors (Lipinski definition) is 0. The van der Waals surface area contributed by atoms with Gasteiger partial charge in [0.15, 0.2) is 5.58 Å². The van der Waals surface area contributed by atoms with Crippen LogP contribution in [0, 0.1) is 0 Å². The molecule has 54 heavy (non-hydrogen) atoms. The summed E-state index contributed by atoms with van der Waals surface area (Å²) >= 11 is 1.79. The van der Waals surface area contributed by atoms with E-state index in [1.165, 1.54) is 31.7 Å². The highest BCUT2D eigenvalue weighted by Gasteiger charge is 2.20. The van der Waals surface area contributed by atoms with Gasteiger partial charge >= 0.3 is 0 Å². The van der Waals surface area contributed by atoms with Crippen LogP contribution in [0.25, 0.3) is 53.6 Å². The number of benzene rings is 8. The van der Waals surface area contributed by atoms with Crippen LogP contribution in [-0.4, -0.2) is 0 Å². The molecule has 10 rings (SSSR count). The van der Waals surface area contributed by atoms with E-state index < -0.39 is 0 Å². The summed E-state index contributed by atoms with van der Waals surface area (Å²) in [7, 11) is 0. The van der Waals surface area contributed by atoms with Crippen LogP contribution in [0.3, 0.4) is 0 Å². The fourth-order valence-corrected chi connectivity index (χ4v) is 8.66. The van der Waals surface area contributed by atoms with Gasteiger partial charge in [0, 0.05) is 55.7 Å². The molecule has 0 radical (unpaired) electrons. The van der Waals surface area contributed by atoms with Crippen molar-refractivity contribution in [1.82, 2.24) is 0 Å². The standard InChI is InChI=1S/C50H34N2OS/c1-5-15-35(16-6-1)37-19-13-25-41(31-37)51(39-21-9-3-10-22-39)43-27-29-45-47(33-43)53-49-46-30-28-44(34-48(46)54-50(45)49)52(40-23-11-4-12-24-40)42-26-14-20-38(32-42)36-17-7-2-8-18-36/h1-34H. The Morgan fingerprint density at radius 2 is 0.759 bits per heavy atom. The highest BCUT2D eigenvalue weighted by Crippen LogP contribution is 2.46. The first kappa shape index (κ1) is 31.8. The number of fused-ring (bicyclic) bond motifs is 5. The predicted octanol–water partition coefficient (Wildman–Crippen LogP) is 15.1. The number of nitrogens with zero attached hydrogens (tertiary/aromatic N) is 2. The molecule has 0 amide bonds. The fraction of sp³-hybridized carbons (Fsp3) is 0.